The highest BCUT2D eigenvalue weighted by molar-refractivity contribution is 7.46. The Bertz CT molecular complexity index is 789. The number of nitrogens with one attached hydrogen (secondary N) is 1. The van der Waals surface area contributed by atoms with Crippen molar-refractivity contribution in [1.29, 1.82) is 0 Å². The zero-order valence-electron chi connectivity index (χ0n) is 18.8. The molecule has 0 heterocycles. The molecule has 0 aromatic heterocycles. The van der Waals surface area contributed by atoms with E-state index in [2.05, 4.69) is 21.9 Å². The molecule has 0 bridgehead atoms. The van der Waals surface area contributed by atoms with Crippen LogP contribution in [-0.4, -0.2) is 48.5 Å². The second kappa shape index (κ2) is 14.5. The fourth-order valence-corrected chi connectivity index (χ4v) is 3.17. The van der Waals surface area contributed by atoms with Crippen LogP contribution in [0.2, 0.25) is 0 Å². The average Bonchev–Trinajstić information content (AvgIpc) is 2.73. The molecule has 5 N–H and O–H groups in total. The number of halogens is 3. The number of rotatable bonds is 15. The number of benzene rings is 1. The lowest BCUT2D eigenvalue weighted by Crippen LogP contribution is -2.36. The van der Waals surface area contributed by atoms with Crippen molar-refractivity contribution in [3.05, 3.63) is 29.3 Å². The van der Waals surface area contributed by atoms with Gasteiger partial charge in [0.25, 0.3) is 0 Å². The van der Waals surface area contributed by atoms with E-state index in [0.29, 0.717) is 6.42 Å². The molecular weight excluding hydrogens is 466 g/mol. The van der Waals surface area contributed by atoms with Crippen LogP contribution in [0.3, 0.4) is 0 Å². The number of nitrogens with two attached hydrogens (primary N) is 1. The van der Waals surface area contributed by atoms with Gasteiger partial charge in [-0.25, -0.2) is 10.0 Å². The fraction of sp³-hybridized carbons (Fsp3) is 0.650. The molecule has 1 aromatic rings. The molecule has 13 heteroatoms. The van der Waals surface area contributed by atoms with Crippen LogP contribution in [0.1, 0.15) is 56.6 Å². The maximum Gasteiger partial charge on any atom is 0.469 e. The number of ether oxygens (including phenoxy) is 1. The largest absolute Gasteiger partial charge is 0.493 e. The van der Waals surface area contributed by atoms with Gasteiger partial charge in [0, 0.05) is 12.6 Å². The Morgan fingerprint density at radius 1 is 1.18 bits per heavy atom. The maximum atomic E-state index is 13.6. The molecule has 0 aliphatic carbocycles. The second-order valence-corrected chi connectivity index (χ2v) is 8.60. The Morgan fingerprint density at radius 2 is 1.85 bits per heavy atom. The van der Waals surface area contributed by atoms with Crippen LogP contribution in [0, 0.1) is 0 Å². The molecule has 1 aromatic carbocycles. The number of phosphoric acid groups is 1. The number of nitrogens with zero attached hydrogens (tertiary/aromatic N) is 1. The van der Waals surface area contributed by atoms with E-state index in [4.69, 9.17) is 25.1 Å². The molecule has 0 aliphatic heterocycles. The van der Waals surface area contributed by atoms with E-state index in [-0.39, 0.29) is 30.4 Å². The first-order valence-corrected chi connectivity index (χ1v) is 12.2. The van der Waals surface area contributed by atoms with E-state index in [9.17, 15) is 17.7 Å². The van der Waals surface area contributed by atoms with Gasteiger partial charge >= 0.3 is 14.0 Å². The molecule has 0 spiro atoms. The standard InChI is InChI=1S/C20H33F3N3O6P/c1-3-4-5-6-7-8-11-30-18-10-9-15(12-17(18)20(21,22)23)19(25-2)26-31-13-16(24)14-32-33(27,28)29/h9-10,12,16H,3-8,11,13-14,24H2,1-2H3,(H,25,26)(H2,27,28,29). The van der Waals surface area contributed by atoms with E-state index in [1.807, 2.05) is 0 Å². The van der Waals surface area contributed by atoms with Crippen LogP contribution in [-0.2, 0) is 20.1 Å². The van der Waals surface area contributed by atoms with Gasteiger partial charge in [-0.1, -0.05) is 39.0 Å². The number of aliphatic imine (C=N–C) groups is 1. The molecule has 1 unspecified atom stereocenters. The van der Waals surface area contributed by atoms with Gasteiger partial charge in [-0.05, 0) is 24.6 Å². The summed E-state index contributed by atoms with van der Waals surface area (Å²) in [6.07, 6.45) is 1.34. The van der Waals surface area contributed by atoms with Crippen molar-refractivity contribution in [3.63, 3.8) is 0 Å². The Morgan fingerprint density at radius 3 is 2.45 bits per heavy atom. The van der Waals surface area contributed by atoms with Gasteiger partial charge in [0.1, 0.15) is 5.75 Å². The average molecular weight is 499 g/mol. The summed E-state index contributed by atoms with van der Waals surface area (Å²) in [6.45, 7) is 1.58. The first-order valence-electron chi connectivity index (χ1n) is 10.6. The molecule has 0 aliphatic rings. The van der Waals surface area contributed by atoms with Crippen molar-refractivity contribution in [2.45, 2.75) is 57.7 Å². The van der Waals surface area contributed by atoms with Gasteiger partial charge in [0.15, 0.2) is 5.84 Å². The minimum absolute atomic E-state index is 0.00563. The summed E-state index contributed by atoms with van der Waals surface area (Å²) in [5.74, 6) is -0.251. The Kier molecular flexibility index (Phi) is 12.9. The molecule has 1 rings (SSSR count). The predicted molar refractivity (Wildman–Crippen MR) is 118 cm³/mol. The summed E-state index contributed by atoms with van der Waals surface area (Å²) in [7, 11) is -3.31. The number of hydrogen-bond acceptors (Lipinski definition) is 6. The van der Waals surface area contributed by atoms with E-state index < -0.39 is 32.2 Å². The van der Waals surface area contributed by atoms with Crippen molar-refractivity contribution < 1.29 is 41.6 Å². The lowest BCUT2D eigenvalue weighted by Gasteiger charge is -2.17. The number of phosphoric ester groups is 1. The minimum atomic E-state index is -4.67. The van der Waals surface area contributed by atoms with Crippen LogP contribution in [0.15, 0.2) is 23.2 Å². The first-order chi connectivity index (χ1) is 15.5. The van der Waals surface area contributed by atoms with Crippen LogP contribution < -0.4 is 16.0 Å². The third-order valence-corrected chi connectivity index (χ3v) is 4.95. The Balaban J connectivity index is 2.70. The van der Waals surface area contributed by atoms with Gasteiger partial charge < -0.3 is 20.3 Å². The van der Waals surface area contributed by atoms with Gasteiger partial charge in [-0.3, -0.25) is 14.4 Å². The normalized spacial score (nSPS) is 13.8. The molecule has 9 nitrogen and oxygen atoms in total. The maximum absolute atomic E-state index is 13.6. The third kappa shape index (κ3) is 12.4. The van der Waals surface area contributed by atoms with Gasteiger partial charge in [-0.15, -0.1) is 0 Å². The summed E-state index contributed by atoms with van der Waals surface area (Å²) in [6, 6.07) is 2.67. The van der Waals surface area contributed by atoms with E-state index in [0.717, 1.165) is 38.2 Å². The molecule has 0 saturated carbocycles. The summed E-state index contributed by atoms with van der Waals surface area (Å²) in [5, 5.41) is 0. The quantitative estimate of drug-likeness (QED) is 0.0942. The lowest BCUT2D eigenvalue weighted by atomic mass is 10.1. The highest BCUT2D eigenvalue weighted by Crippen LogP contribution is 2.37. The summed E-state index contributed by atoms with van der Waals surface area (Å²) in [4.78, 5) is 26.3. The number of unbranched alkanes of at least 4 members (excludes halogenated alkanes) is 5. The first kappa shape index (κ1) is 29.3. The van der Waals surface area contributed by atoms with E-state index in [1.165, 1.54) is 19.2 Å². The fourth-order valence-electron chi connectivity index (χ4n) is 2.78. The summed E-state index contributed by atoms with van der Waals surface area (Å²) >= 11 is 0. The molecular formula is C20H33F3N3O6P. The zero-order chi connectivity index (χ0) is 24.9. The molecule has 33 heavy (non-hydrogen) atoms. The molecule has 0 amide bonds. The highest BCUT2D eigenvalue weighted by Gasteiger charge is 2.35. The number of hydroxylamine groups is 1. The smallest absolute Gasteiger partial charge is 0.469 e. The van der Waals surface area contributed by atoms with Crippen LogP contribution >= 0.6 is 7.82 Å². The Hall–Kier alpha value is -1.69. The molecule has 1 atom stereocenters. The monoisotopic (exact) mass is 499 g/mol. The zero-order valence-corrected chi connectivity index (χ0v) is 19.7. The van der Waals surface area contributed by atoms with Crippen molar-refractivity contribution in [1.82, 2.24) is 5.48 Å². The Labute approximate surface area is 191 Å². The summed E-state index contributed by atoms with van der Waals surface area (Å²) in [5.41, 5.74) is 7.18. The van der Waals surface area contributed by atoms with Crippen LogP contribution in [0.4, 0.5) is 13.2 Å². The molecule has 0 saturated heterocycles. The van der Waals surface area contributed by atoms with Gasteiger partial charge in [-0.2, -0.15) is 13.2 Å². The number of hydrogen-bond donors (Lipinski definition) is 4. The SMILES string of the molecule is CCCCCCCCOc1ccc(C(=NC)NOCC(N)COP(=O)(O)O)cc1C(F)(F)F. The summed E-state index contributed by atoms with van der Waals surface area (Å²) < 4.78 is 61.1. The van der Waals surface area contributed by atoms with Crippen LogP contribution in [0.25, 0.3) is 0 Å². The lowest BCUT2D eigenvalue weighted by molar-refractivity contribution is -0.139. The van der Waals surface area contributed by atoms with Gasteiger partial charge in [0.05, 0.1) is 31.4 Å². The second-order valence-electron chi connectivity index (χ2n) is 7.36. The third-order valence-electron chi connectivity index (χ3n) is 4.46. The van der Waals surface area contributed by atoms with E-state index in [1.54, 1.807) is 0 Å². The van der Waals surface area contributed by atoms with Crippen molar-refractivity contribution in [2.24, 2.45) is 10.7 Å². The van der Waals surface area contributed by atoms with Gasteiger partial charge in [0.2, 0.25) is 0 Å². The number of alkyl halides is 3. The van der Waals surface area contributed by atoms with Crippen LogP contribution in [0.5, 0.6) is 5.75 Å². The van der Waals surface area contributed by atoms with E-state index >= 15 is 0 Å². The molecule has 0 radical (unpaired) electrons. The molecule has 190 valence electrons. The topological polar surface area (TPSA) is 136 Å². The van der Waals surface area contributed by atoms with Crippen molar-refractivity contribution in [2.75, 3.05) is 26.9 Å². The molecule has 0 fully saturated rings. The minimum Gasteiger partial charge on any atom is -0.493 e. The highest BCUT2D eigenvalue weighted by atomic mass is 31.2. The van der Waals surface area contributed by atoms with Crippen molar-refractivity contribution >= 4 is 13.7 Å². The number of amidine groups is 1. The predicted octanol–water partition coefficient (Wildman–Crippen LogP) is 3.78. The van der Waals surface area contributed by atoms with Crippen molar-refractivity contribution in [3.8, 4) is 5.75 Å².